The number of para-hydroxylation sites is 1. The van der Waals surface area contributed by atoms with Crippen LogP contribution in [0.15, 0.2) is 30.3 Å². The zero-order valence-electron chi connectivity index (χ0n) is 6.66. The molecule has 58 valence electrons. The lowest BCUT2D eigenvalue weighted by Gasteiger charge is -2.16. The quantitative estimate of drug-likeness (QED) is 0.566. The largest absolute Gasteiger partial charge is 0.403 e. The summed E-state index contributed by atoms with van der Waals surface area (Å²) in [5, 5.41) is 0. The van der Waals surface area contributed by atoms with Crippen molar-refractivity contribution in [3.05, 3.63) is 30.3 Å². The van der Waals surface area contributed by atoms with Crippen molar-refractivity contribution in [2.45, 2.75) is 12.5 Å². The molecule has 1 aromatic rings. The molecule has 1 saturated heterocycles. The van der Waals surface area contributed by atoms with E-state index < -0.39 is 0 Å². The minimum absolute atomic E-state index is 0.0923. The molecule has 0 unspecified atom stereocenters. The zero-order chi connectivity index (χ0) is 7.52. The second-order valence-electron chi connectivity index (χ2n) is 3.03. The van der Waals surface area contributed by atoms with Crippen LogP contribution in [0.1, 0.15) is 6.42 Å². The van der Waals surface area contributed by atoms with E-state index in [1.54, 1.807) is 0 Å². The number of anilines is 1. The van der Waals surface area contributed by atoms with Gasteiger partial charge in [0.2, 0.25) is 0 Å². The van der Waals surface area contributed by atoms with Crippen molar-refractivity contribution in [2.24, 2.45) is 0 Å². The van der Waals surface area contributed by atoms with Gasteiger partial charge in [0.1, 0.15) is 9.68 Å². The first-order valence-corrected chi connectivity index (χ1v) is 5.90. The Kier molecular flexibility index (Phi) is 1.94. The summed E-state index contributed by atoms with van der Waals surface area (Å²) in [6.45, 7) is 1.30. The van der Waals surface area contributed by atoms with Crippen LogP contribution in [0, 0.1) is 0 Å². The first-order valence-electron chi connectivity index (χ1n) is 4.27. The van der Waals surface area contributed by atoms with Crippen molar-refractivity contribution in [1.29, 1.82) is 0 Å². The highest BCUT2D eigenvalue weighted by atomic mass is 28.2. The van der Waals surface area contributed by atoms with Gasteiger partial charge in [-0.1, -0.05) is 18.2 Å². The van der Waals surface area contributed by atoms with Gasteiger partial charge in [-0.15, -0.1) is 0 Å². The molecule has 0 N–H and O–H groups in total. The Bertz CT molecular complexity index is 216. The van der Waals surface area contributed by atoms with Gasteiger partial charge >= 0.3 is 0 Å². The molecular formula is C9H13NSi. The third-order valence-corrected chi connectivity index (χ3v) is 4.26. The number of rotatable bonds is 1. The minimum Gasteiger partial charge on any atom is -0.403 e. The monoisotopic (exact) mass is 163 g/mol. The zero-order valence-corrected chi connectivity index (χ0v) is 8.08. The lowest BCUT2D eigenvalue weighted by Crippen LogP contribution is -2.20. The highest BCUT2D eigenvalue weighted by molar-refractivity contribution is 6.42. The Balaban J connectivity index is 2.16. The predicted octanol–water partition coefficient (Wildman–Crippen LogP) is 1.40. The molecule has 2 rings (SSSR count). The van der Waals surface area contributed by atoms with Crippen LogP contribution in [0.5, 0.6) is 0 Å². The lowest BCUT2D eigenvalue weighted by atomic mass is 10.3. The van der Waals surface area contributed by atoms with Crippen molar-refractivity contribution < 1.29 is 0 Å². The van der Waals surface area contributed by atoms with Crippen molar-refractivity contribution in [1.82, 2.24) is 0 Å². The maximum atomic E-state index is 2.58. The van der Waals surface area contributed by atoms with E-state index in [9.17, 15) is 0 Å². The molecule has 1 nitrogen and oxygen atoms in total. The fourth-order valence-electron chi connectivity index (χ4n) is 1.61. The van der Waals surface area contributed by atoms with Crippen molar-refractivity contribution >= 4 is 15.4 Å². The van der Waals surface area contributed by atoms with Gasteiger partial charge in [-0.3, -0.25) is 0 Å². The standard InChI is InChI=1S/C9H13NSi/c1-2-5-9(6-3-1)10-7-4-8-11-10/h1-3,5-6H,4,7-8,11H2. The van der Waals surface area contributed by atoms with Gasteiger partial charge in [0, 0.05) is 12.2 Å². The van der Waals surface area contributed by atoms with E-state index in [1.165, 1.54) is 24.7 Å². The number of nitrogens with zero attached hydrogens (tertiary/aromatic N) is 1. The first-order chi connectivity index (χ1) is 5.47. The predicted molar refractivity (Wildman–Crippen MR) is 51.8 cm³/mol. The SMILES string of the molecule is c1ccc(N2CCC[SiH2]2)cc1. The van der Waals surface area contributed by atoms with Crippen LogP contribution in [0.2, 0.25) is 6.04 Å². The Hall–Kier alpha value is -0.763. The van der Waals surface area contributed by atoms with E-state index in [0.29, 0.717) is 0 Å². The van der Waals surface area contributed by atoms with Crippen LogP contribution in [0.25, 0.3) is 0 Å². The number of hydrogen-bond acceptors (Lipinski definition) is 1. The topological polar surface area (TPSA) is 3.24 Å². The summed E-state index contributed by atoms with van der Waals surface area (Å²) >= 11 is 0. The molecule has 0 saturated carbocycles. The molecule has 0 amide bonds. The maximum absolute atomic E-state index is 2.58. The van der Waals surface area contributed by atoms with Gasteiger partial charge in [0.15, 0.2) is 0 Å². The smallest absolute Gasteiger partial charge is 0.124 e. The Morgan fingerprint density at radius 2 is 2.00 bits per heavy atom. The van der Waals surface area contributed by atoms with Gasteiger partial charge in [-0.2, -0.15) is 0 Å². The van der Waals surface area contributed by atoms with Crippen LogP contribution < -0.4 is 4.57 Å². The molecule has 2 heteroatoms. The maximum Gasteiger partial charge on any atom is 0.124 e. The molecule has 0 aromatic heterocycles. The summed E-state index contributed by atoms with van der Waals surface area (Å²) in [6.07, 6.45) is 1.42. The fourth-order valence-corrected chi connectivity index (χ4v) is 3.36. The van der Waals surface area contributed by atoms with Gasteiger partial charge < -0.3 is 4.57 Å². The van der Waals surface area contributed by atoms with Crippen molar-refractivity contribution in [3.63, 3.8) is 0 Å². The molecule has 11 heavy (non-hydrogen) atoms. The average Bonchev–Trinajstić information content (AvgIpc) is 2.58. The molecule has 1 heterocycles. The highest BCUT2D eigenvalue weighted by Gasteiger charge is 2.11. The average molecular weight is 163 g/mol. The van der Waals surface area contributed by atoms with E-state index in [2.05, 4.69) is 34.9 Å². The highest BCUT2D eigenvalue weighted by Crippen LogP contribution is 2.17. The molecule has 0 aliphatic carbocycles. The summed E-state index contributed by atoms with van der Waals surface area (Å²) < 4.78 is 2.58. The summed E-state index contributed by atoms with van der Waals surface area (Å²) in [5.41, 5.74) is 1.44. The van der Waals surface area contributed by atoms with Gasteiger partial charge in [-0.25, -0.2) is 0 Å². The number of hydrogen-bond donors (Lipinski definition) is 0. The van der Waals surface area contributed by atoms with E-state index in [1.807, 2.05) is 0 Å². The molecule has 1 aromatic carbocycles. The Morgan fingerprint density at radius 1 is 1.18 bits per heavy atom. The molecular weight excluding hydrogens is 150 g/mol. The summed E-state index contributed by atoms with van der Waals surface area (Å²) in [5.74, 6) is 0. The van der Waals surface area contributed by atoms with Crippen LogP contribution in [-0.4, -0.2) is 16.2 Å². The molecule has 0 radical (unpaired) electrons. The van der Waals surface area contributed by atoms with Crippen LogP contribution in [-0.2, 0) is 0 Å². The Labute approximate surface area is 69.9 Å². The molecule has 0 spiro atoms. The van der Waals surface area contributed by atoms with Crippen molar-refractivity contribution in [3.8, 4) is 0 Å². The van der Waals surface area contributed by atoms with E-state index in [0.717, 1.165) is 0 Å². The second-order valence-corrected chi connectivity index (χ2v) is 4.95. The third-order valence-electron chi connectivity index (χ3n) is 2.23. The molecule has 0 bridgehead atoms. The molecule has 1 aliphatic heterocycles. The second kappa shape index (κ2) is 3.09. The van der Waals surface area contributed by atoms with Crippen LogP contribution in [0.3, 0.4) is 0 Å². The van der Waals surface area contributed by atoms with E-state index in [-0.39, 0.29) is 9.68 Å². The fraction of sp³-hybridized carbons (Fsp3) is 0.333. The van der Waals surface area contributed by atoms with E-state index in [4.69, 9.17) is 0 Å². The van der Waals surface area contributed by atoms with Crippen LogP contribution in [0.4, 0.5) is 5.69 Å². The van der Waals surface area contributed by atoms with E-state index >= 15 is 0 Å². The van der Waals surface area contributed by atoms with Gasteiger partial charge in [0.05, 0.1) is 0 Å². The first kappa shape index (κ1) is 6.92. The third kappa shape index (κ3) is 1.45. The summed E-state index contributed by atoms with van der Waals surface area (Å²) in [4.78, 5) is 0. The molecule has 1 fully saturated rings. The molecule has 0 atom stereocenters. The van der Waals surface area contributed by atoms with Gasteiger partial charge in [0.25, 0.3) is 0 Å². The van der Waals surface area contributed by atoms with Crippen LogP contribution >= 0.6 is 0 Å². The summed E-state index contributed by atoms with van der Waals surface area (Å²) in [6, 6.07) is 12.3. The summed E-state index contributed by atoms with van der Waals surface area (Å²) in [7, 11) is 0.0923. The van der Waals surface area contributed by atoms with Crippen molar-refractivity contribution in [2.75, 3.05) is 11.1 Å². The normalized spacial score (nSPS) is 19.5. The lowest BCUT2D eigenvalue weighted by molar-refractivity contribution is 0.982. The molecule has 1 aliphatic rings. The minimum atomic E-state index is 0.0923. The number of benzene rings is 1. The Morgan fingerprint density at radius 3 is 2.64 bits per heavy atom. The van der Waals surface area contributed by atoms with Gasteiger partial charge in [-0.05, 0) is 24.6 Å².